The van der Waals surface area contributed by atoms with Gasteiger partial charge in [0.15, 0.2) is 11.5 Å². The number of nitrogens with one attached hydrogen (secondary N) is 1. The van der Waals surface area contributed by atoms with Gasteiger partial charge in [0.25, 0.3) is 0 Å². The monoisotopic (exact) mass is 395 g/mol. The van der Waals surface area contributed by atoms with Gasteiger partial charge in [0.05, 0.1) is 17.1 Å². The van der Waals surface area contributed by atoms with Gasteiger partial charge in [0.2, 0.25) is 10.0 Å². The van der Waals surface area contributed by atoms with Crippen LogP contribution in [0.15, 0.2) is 27.5 Å². The number of ether oxygens (including phenoxy) is 1. The summed E-state index contributed by atoms with van der Waals surface area (Å²) in [6.45, 7) is 9.39. The van der Waals surface area contributed by atoms with Crippen molar-refractivity contribution >= 4 is 21.1 Å². The summed E-state index contributed by atoms with van der Waals surface area (Å²) in [6.07, 6.45) is 2.93. The van der Waals surface area contributed by atoms with Crippen LogP contribution in [0.1, 0.15) is 39.5 Å². The van der Waals surface area contributed by atoms with Gasteiger partial charge in [-0.1, -0.05) is 6.92 Å². The van der Waals surface area contributed by atoms with Crippen molar-refractivity contribution in [2.24, 2.45) is 0 Å². The van der Waals surface area contributed by atoms with E-state index >= 15 is 0 Å². The number of unbranched alkanes of at least 4 members (excludes halogenated alkanes) is 1. The lowest BCUT2D eigenvalue weighted by molar-refractivity contribution is -0.0681. The zero-order chi connectivity index (χ0) is 19.4. The third-order valence-electron chi connectivity index (χ3n) is 4.70. The van der Waals surface area contributed by atoms with E-state index in [9.17, 15) is 8.42 Å². The summed E-state index contributed by atoms with van der Waals surface area (Å²) in [5.41, 5.74) is 1.19. The average molecular weight is 396 g/mol. The molecule has 0 unspecified atom stereocenters. The van der Waals surface area contributed by atoms with Gasteiger partial charge in [-0.2, -0.15) is 0 Å². The summed E-state index contributed by atoms with van der Waals surface area (Å²) in [7, 11) is -3.54. The fourth-order valence-electron chi connectivity index (χ4n) is 3.49. The number of aromatic nitrogens is 1. The second kappa shape index (κ2) is 8.68. The second-order valence-corrected chi connectivity index (χ2v) is 8.98. The molecular formula is C19H29N3O4S. The number of fused-ring (bicyclic) bond motifs is 1. The Morgan fingerprint density at radius 1 is 1.22 bits per heavy atom. The molecule has 1 N–H and O–H groups in total. The maximum Gasteiger partial charge on any atom is 0.240 e. The maximum atomic E-state index is 12.5. The number of hydrogen-bond donors (Lipinski definition) is 1. The first-order valence-corrected chi connectivity index (χ1v) is 11.1. The lowest BCUT2D eigenvalue weighted by Crippen LogP contribution is -2.45. The van der Waals surface area contributed by atoms with Crippen LogP contribution in [0.25, 0.3) is 11.1 Å². The van der Waals surface area contributed by atoms with E-state index in [4.69, 9.17) is 9.15 Å². The van der Waals surface area contributed by atoms with Gasteiger partial charge < -0.3 is 9.15 Å². The molecule has 2 heterocycles. The van der Waals surface area contributed by atoms with Crippen molar-refractivity contribution < 1.29 is 17.6 Å². The molecule has 0 bridgehead atoms. The Labute approximate surface area is 161 Å². The number of morpholine rings is 1. The van der Waals surface area contributed by atoms with E-state index in [0.29, 0.717) is 30.0 Å². The highest BCUT2D eigenvalue weighted by atomic mass is 32.2. The van der Waals surface area contributed by atoms with Crippen molar-refractivity contribution in [3.63, 3.8) is 0 Å². The Hall–Kier alpha value is -1.48. The number of nitrogens with zero attached hydrogens (tertiary/aromatic N) is 2. The Bertz CT molecular complexity index is 855. The Morgan fingerprint density at radius 3 is 2.67 bits per heavy atom. The van der Waals surface area contributed by atoms with Crippen molar-refractivity contribution in [2.75, 3.05) is 26.2 Å². The molecule has 1 aliphatic heterocycles. The van der Waals surface area contributed by atoms with Crippen LogP contribution in [-0.4, -0.2) is 56.7 Å². The highest BCUT2D eigenvalue weighted by Gasteiger charge is 2.21. The molecule has 27 heavy (non-hydrogen) atoms. The summed E-state index contributed by atoms with van der Waals surface area (Å²) in [5, 5.41) is 0. The Kier molecular flexibility index (Phi) is 6.52. The smallest absolute Gasteiger partial charge is 0.240 e. The van der Waals surface area contributed by atoms with Gasteiger partial charge >= 0.3 is 0 Å². The minimum absolute atomic E-state index is 0.224. The van der Waals surface area contributed by atoms with E-state index < -0.39 is 10.0 Å². The molecule has 1 saturated heterocycles. The number of rotatable bonds is 8. The van der Waals surface area contributed by atoms with Crippen molar-refractivity contribution in [1.82, 2.24) is 14.6 Å². The normalized spacial score (nSPS) is 21.7. The standard InChI is InChI=1S/C19H29N3O4S/c1-4-19-21-17-11-16(7-8-18(17)26-19)27(23,24)20-9-5-6-10-22-12-14(2)25-15(3)13-22/h7-8,11,14-15,20H,4-6,9-10,12-13H2,1-3H3/t14-,15+. The molecule has 8 heteroatoms. The lowest BCUT2D eigenvalue weighted by atomic mass is 10.2. The topological polar surface area (TPSA) is 84.7 Å². The molecule has 0 amide bonds. The van der Waals surface area contributed by atoms with Crippen molar-refractivity contribution in [3.05, 3.63) is 24.1 Å². The van der Waals surface area contributed by atoms with Crippen LogP contribution in [-0.2, 0) is 21.2 Å². The SMILES string of the molecule is CCc1nc2cc(S(=O)(=O)NCCCCN3C[C@@H](C)O[C@@H](C)C3)ccc2o1. The first-order chi connectivity index (χ1) is 12.9. The molecule has 0 saturated carbocycles. The third-order valence-corrected chi connectivity index (χ3v) is 6.16. The number of sulfonamides is 1. The van der Waals surface area contributed by atoms with Gasteiger partial charge in [-0.15, -0.1) is 0 Å². The molecule has 7 nitrogen and oxygen atoms in total. The first kappa shape index (κ1) is 20.3. The minimum Gasteiger partial charge on any atom is -0.441 e. The molecule has 2 aromatic rings. The van der Waals surface area contributed by atoms with Crippen LogP contribution < -0.4 is 4.72 Å². The molecule has 0 spiro atoms. The van der Waals surface area contributed by atoms with Crippen molar-refractivity contribution in [1.29, 1.82) is 0 Å². The molecule has 0 radical (unpaired) electrons. The van der Waals surface area contributed by atoms with Crippen molar-refractivity contribution in [3.8, 4) is 0 Å². The van der Waals surface area contributed by atoms with Crippen LogP contribution in [0.3, 0.4) is 0 Å². The van der Waals surface area contributed by atoms with E-state index in [-0.39, 0.29) is 17.1 Å². The molecule has 3 rings (SSSR count). The molecule has 150 valence electrons. The number of hydrogen-bond acceptors (Lipinski definition) is 6. The molecule has 1 aromatic carbocycles. The van der Waals surface area contributed by atoms with Crippen LogP contribution in [0.2, 0.25) is 0 Å². The van der Waals surface area contributed by atoms with E-state index in [1.807, 2.05) is 6.92 Å². The fourth-order valence-corrected chi connectivity index (χ4v) is 4.58. The zero-order valence-electron chi connectivity index (χ0n) is 16.3. The van der Waals surface area contributed by atoms with Gasteiger partial charge in [-0.3, -0.25) is 4.90 Å². The largest absolute Gasteiger partial charge is 0.441 e. The lowest BCUT2D eigenvalue weighted by Gasteiger charge is -2.35. The predicted octanol–water partition coefficient (Wildman–Crippen LogP) is 2.56. The predicted molar refractivity (Wildman–Crippen MR) is 104 cm³/mol. The highest BCUT2D eigenvalue weighted by Crippen LogP contribution is 2.20. The van der Waals surface area contributed by atoms with E-state index in [1.165, 1.54) is 0 Å². The Balaban J connectivity index is 1.48. The molecule has 1 aliphatic rings. The molecular weight excluding hydrogens is 366 g/mol. The minimum atomic E-state index is -3.54. The number of benzene rings is 1. The number of oxazole rings is 1. The molecule has 2 atom stereocenters. The van der Waals surface area contributed by atoms with Gasteiger partial charge in [-0.25, -0.2) is 18.1 Å². The average Bonchev–Trinajstić information content (AvgIpc) is 3.03. The first-order valence-electron chi connectivity index (χ1n) is 9.64. The zero-order valence-corrected chi connectivity index (χ0v) is 17.1. The maximum absolute atomic E-state index is 12.5. The van der Waals surface area contributed by atoms with Gasteiger partial charge in [0, 0.05) is 26.1 Å². The van der Waals surface area contributed by atoms with E-state index in [1.54, 1.807) is 18.2 Å². The van der Waals surface area contributed by atoms with E-state index in [2.05, 4.69) is 28.5 Å². The highest BCUT2D eigenvalue weighted by molar-refractivity contribution is 7.89. The van der Waals surface area contributed by atoms with Gasteiger partial charge in [-0.05, 0) is 51.4 Å². The summed E-state index contributed by atoms with van der Waals surface area (Å²) in [5.74, 6) is 0.610. The molecule has 0 aliphatic carbocycles. The quantitative estimate of drug-likeness (QED) is 0.692. The summed E-state index contributed by atoms with van der Waals surface area (Å²) in [4.78, 5) is 6.91. The van der Waals surface area contributed by atoms with Crippen molar-refractivity contribution in [2.45, 2.75) is 57.1 Å². The summed E-state index contributed by atoms with van der Waals surface area (Å²) < 4.78 is 39.0. The second-order valence-electron chi connectivity index (χ2n) is 7.21. The number of aryl methyl sites for hydroxylation is 1. The van der Waals surface area contributed by atoms with Crippen LogP contribution in [0.5, 0.6) is 0 Å². The summed E-state index contributed by atoms with van der Waals surface area (Å²) in [6, 6.07) is 4.79. The fraction of sp³-hybridized carbons (Fsp3) is 0.632. The van der Waals surface area contributed by atoms with Crippen LogP contribution in [0.4, 0.5) is 0 Å². The third kappa shape index (κ3) is 5.28. The van der Waals surface area contributed by atoms with Gasteiger partial charge in [0.1, 0.15) is 5.52 Å². The van der Waals surface area contributed by atoms with Crippen LogP contribution in [0, 0.1) is 0 Å². The molecule has 1 aromatic heterocycles. The van der Waals surface area contributed by atoms with E-state index in [0.717, 1.165) is 32.5 Å². The summed E-state index contributed by atoms with van der Waals surface area (Å²) >= 11 is 0. The molecule has 1 fully saturated rings. The van der Waals surface area contributed by atoms with Crippen LogP contribution >= 0.6 is 0 Å². The Morgan fingerprint density at radius 2 is 1.96 bits per heavy atom.